The summed E-state index contributed by atoms with van der Waals surface area (Å²) >= 11 is 0. The van der Waals surface area contributed by atoms with Crippen LogP contribution in [0.25, 0.3) is 0 Å². The monoisotopic (exact) mass is 239 g/mol. The summed E-state index contributed by atoms with van der Waals surface area (Å²) < 4.78 is 11.0. The number of ether oxygens (including phenoxy) is 1. The smallest absolute Gasteiger partial charge is 0.103 e. The summed E-state index contributed by atoms with van der Waals surface area (Å²) in [5.74, 6) is 1.05. The van der Waals surface area contributed by atoms with Crippen molar-refractivity contribution in [2.75, 3.05) is 13.2 Å². The number of hydrogen-bond acceptors (Lipinski definition) is 3. The maximum atomic E-state index is 5.68. The van der Waals surface area contributed by atoms with Gasteiger partial charge in [0.1, 0.15) is 5.76 Å². The van der Waals surface area contributed by atoms with Crippen LogP contribution in [0.5, 0.6) is 0 Å². The first-order valence-electron chi connectivity index (χ1n) is 6.59. The summed E-state index contributed by atoms with van der Waals surface area (Å²) in [6, 6.07) is 4.39. The summed E-state index contributed by atoms with van der Waals surface area (Å²) in [4.78, 5) is 0. The zero-order chi connectivity index (χ0) is 12.5. The molecular formula is C14H25NO2. The van der Waals surface area contributed by atoms with Gasteiger partial charge in [0.05, 0.1) is 19.0 Å². The molecule has 98 valence electrons. The first-order valence-corrected chi connectivity index (χ1v) is 6.59. The number of nitrogens with one attached hydrogen (secondary N) is 1. The van der Waals surface area contributed by atoms with E-state index in [2.05, 4.69) is 26.1 Å². The van der Waals surface area contributed by atoms with Gasteiger partial charge in [-0.25, -0.2) is 0 Å². The van der Waals surface area contributed by atoms with Gasteiger partial charge in [-0.05, 0) is 45.4 Å². The molecule has 0 bridgehead atoms. The van der Waals surface area contributed by atoms with Crippen LogP contribution in [0.15, 0.2) is 22.8 Å². The molecule has 1 aromatic heterocycles. The van der Waals surface area contributed by atoms with Crippen molar-refractivity contribution in [2.45, 2.75) is 52.2 Å². The highest BCUT2D eigenvalue weighted by Gasteiger charge is 2.10. The van der Waals surface area contributed by atoms with Gasteiger partial charge < -0.3 is 14.5 Å². The predicted molar refractivity (Wildman–Crippen MR) is 70.2 cm³/mol. The van der Waals surface area contributed by atoms with E-state index in [0.29, 0.717) is 12.1 Å². The van der Waals surface area contributed by atoms with Crippen LogP contribution < -0.4 is 5.32 Å². The van der Waals surface area contributed by atoms with Crippen molar-refractivity contribution in [3.8, 4) is 0 Å². The van der Waals surface area contributed by atoms with Crippen molar-refractivity contribution < 1.29 is 9.15 Å². The minimum Gasteiger partial charge on any atom is -0.469 e. The highest BCUT2D eigenvalue weighted by Crippen LogP contribution is 2.07. The van der Waals surface area contributed by atoms with Crippen LogP contribution in [0, 0.1) is 0 Å². The second-order valence-corrected chi connectivity index (χ2v) is 4.65. The van der Waals surface area contributed by atoms with Crippen molar-refractivity contribution in [1.82, 2.24) is 5.32 Å². The fourth-order valence-corrected chi connectivity index (χ4v) is 1.67. The van der Waals surface area contributed by atoms with Gasteiger partial charge in [0.15, 0.2) is 0 Å². The Labute approximate surface area is 105 Å². The molecular weight excluding hydrogens is 214 g/mol. The molecule has 1 heterocycles. The largest absolute Gasteiger partial charge is 0.469 e. The molecule has 0 radical (unpaired) electrons. The SMILES string of the molecule is CCCNC(CCc1ccco1)COC(C)C. The van der Waals surface area contributed by atoms with Crippen LogP contribution >= 0.6 is 0 Å². The Balaban J connectivity index is 2.28. The average Bonchev–Trinajstić information content (AvgIpc) is 2.80. The van der Waals surface area contributed by atoms with Crippen LogP contribution in [0.3, 0.4) is 0 Å². The lowest BCUT2D eigenvalue weighted by Crippen LogP contribution is -2.35. The molecule has 0 aliphatic rings. The Morgan fingerprint density at radius 3 is 2.82 bits per heavy atom. The lowest BCUT2D eigenvalue weighted by molar-refractivity contribution is 0.0594. The standard InChI is InChI=1S/C14H25NO2/c1-4-9-15-13(11-17-12(2)3)7-8-14-6-5-10-16-14/h5-6,10,12-13,15H,4,7-9,11H2,1-3H3. The topological polar surface area (TPSA) is 34.4 Å². The highest BCUT2D eigenvalue weighted by molar-refractivity contribution is 4.98. The van der Waals surface area contributed by atoms with Gasteiger partial charge >= 0.3 is 0 Å². The van der Waals surface area contributed by atoms with Gasteiger partial charge in [0, 0.05) is 12.5 Å². The van der Waals surface area contributed by atoms with E-state index in [1.54, 1.807) is 6.26 Å². The third kappa shape index (κ3) is 6.49. The molecule has 0 aromatic carbocycles. The van der Waals surface area contributed by atoms with E-state index in [9.17, 15) is 0 Å². The molecule has 0 saturated carbocycles. The Morgan fingerprint density at radius 2 is 2.24 bits per heavy atom. The second kappa shape index (κ2) is 8.31. The molecule has 3 nitrogen and oxygen atoms in total. The van der Waals surface area contributed by atoms with Crippen LogP contribution in [-0.2, 0) is 11.2 Å². The fraction of sp³-hybridized carbons (Fsp3) is 0.714. The van der Waals surface area contributed by atoms with Crippen molar-refractivity contribution in [1.29, 1.82) is 0 Å². The predicted octanol–water partition coefficient (Wildman–Crippen LogP) is 3.01. The van der Waals surface area contributed by atoms with E-state index in [0.717, 1.165) is 38.2 Å². The van der Waals surface area contributed by atoms with Crippen LogP contribution in [0.4, 0.5) is 0 Å². The Morgan fingerprint density at radius 1 is 1.41 bits per heavy atom. The Hall–Kier alpha value is -0.800. The molecule has 1 unspecified atom stereocenters. The first-order chi connectivity index (χ1) is 8.22. The van der Waals surface area contributed by atoms with Crippen LogP contribution in [0.2, 0.25) is 0 Å². The van der Waals surface area contributed by atoms with Crippen molar-refractivity contribution in [3.63, 3.8) is 0 Å². The summed E-state index contributed by atoms with van der Waals surface area (Å²) in [5.41, 5.74) is 0. The summed E-state index contributed by atoms with van der Waals surface area (Å²) in [6.07, 6.45) is 5.20. The minimum atomic E-state index is 0.296. The van der Waals surface area contributed by atoms with Gasteiger partial charge in [0.25, 0.3) is 0 Å². The summed E-state index contributed by atoms with van der Waals surface area (Å²) in [6.45, 7) is 8.15. The van der Waals surface area contributed by atoms with Crippen molar-refractivity contribution in [2.24, 2.45) is 0 Å². The minimum absolute atomic E-state index is 0.296. The molecule has 0 saturated heterocycles. The van der Waals surface area contributed by atoms with Gasteiger partial charge in [-0.1, -0.05) is 6.92 Å². The number of furan rings is 1. The Bertz CT molecular complexity index is 270. The number of aryl methyl sites for hydroxylation is 1. The second-order valence-electron chi connectivity index (χ2n) is 4.65. The van der Waals surface area contributed by atoms with Crippen molar-refractivity contribution in [3.05, 3.63) is 24.2 Å². The molecule has 1 atom stereocenters. The summed E-state index contributed by atoms with van der Waals surface area (Å²) in [7, 11) is 0. The zero-order valence-corrected chi connectivity index (χ0v) is 11.2. The zero-order valence-electron chi connectivity index (χ0n) is 11.2. The molecule has 3 heteroatoms. The van der Waals surface area contributed by atoms with Gasteiger partial charge in [0.2, 0.25) is 0 Å². The lowest BCUT2D eigenvalue weighted by Gasteiger charge is -2.19. The maximum absolute atomic E-state index is 5.68. The van der Waals surface area contributed by atoms with Gasteiger partial charge in [-0.2, -0.15) is 0 Å². The molecule has 1 rings (SSSR count). The third-order valence-corrected chi connectivity index (χ3v) is 2.63. The number of hydrogen-bond donors (Lipinski definition) is 1. The van der Waals surface area contributed by atoms with Gasteiger partial charge in [-0.15, -0.1) is 0 Å². The maximum Gasteiger partial charge on any atom is 0.103 e. The highest BCUT2D eigenvalue weighted by atomic mass is 16.5. The quantitative estimate of drug-likeness (QED) is 0.719. The molecule has 0 aliphatic heterocycles. The fourth-order valence-electron chi connectivity index (χ4n) is 1.67. The van der Waals surface area contributed by atoms with E-state index >= 15 is 0 Å². The molecule has 17 heavy (non-hydrogen) atoms. The van der Waals surface area contributed by atoms with Crippen LogP contribution in [0.1, 0.15) is 39.4 Å². The lowest BCUT2D eigenvalue weighted by atomic mass is 10.1. The molecule has 0 aliphatic carbocycles. The molecule has 1 N–H and O–H groups in total. The number of rotatable bonds is 9. The van der Waals surface area contributed by atoms with E-state index in [1.165, 1.54) is 0 Å². The first kappa shape index (κ1) is 14.3. The molecule has 0 fully saturated rings. The van der Waals surface area contributed by atoms with Gasteiger partial charge in [-0.3, -0.25) is 0 Å². The van der Waals surface area contributed by atoms with Crippen molar-refractivity contribution >= 4 is 0 Å². The molecule has 1 aromatic rings. The van der Waals surface area contributed by atoms with E-state index in [-0.39, 0.29) is 0 Å². The summed E-state index contributed by atoms with van der Waals surface area (Å²) in [5, 5.41) is 3.52. The van der Waals surface area contributed by atoms with E-state index in [4.69, 9.17) is 9.15 Å². The molecule has 0 spiro atoms. The molecule has 0 amide bonds. The van der Waals surface area contributed by atoms with E-state index < -0.39 is 0 Å². The van der Waals surface area contributed by atoms with Crippen LogP contribution in [-0.4, -0.2) is 25.3 Å². The Kier molecular flexibility index (Phi) is 6.97. The third-order valence-electron chi connectivity index (χ3n) is 2.63. The average molecular weight is 239 g/mol. The normalized spacial score (nSPS) is 13.2. The van der Waals surface area contributed by atoms with E-state index in [1.807, 2.05) is 12.1 Å².